The highest BCUT2D eigenvalue weighted by Gasteiger charge is 2.27. The average molecular weight is 333 g/mol. The highest BCUT2D eigenvalue weighted by Crippen LogP contribution is 2.36. The van der Waals surface area contributed by atoms with E-state index in [0.29, 0.717) is 13.0 Å². The van der Waals surface area contributed by atoms with Crippen molar-refractivity contribution in [1.82, 2.24) is 0 Å². The van der Waals surface area contributed by atoms with Crippen LogP contribution in [0.1, 0.15) is 23.5 Å². The molecule has 0 saturated carbocycles. The summed E-state index contributed by atoms with van der Waals surface area (Å²) in [5.41, 5.74) is 2.27. The van der Waals surface area contributed by atoms with Crippen LogP contribution < -0.4 is 4.74 Å². The fourth-order valence-electron chi connectivity index (χ4n) is 2.80. The minimum Gasteiger partial charge on any atom is -0.493 e. The molecule has 0 amide bonds. The Morgan fingerprint density at radius 3 is 2.75 bits per heavy atom. The van der Waals surface area contributed by atoms with Crippen molar-refractivity contribution in [2.75, 3.05) is 6.61 Å². The quantitative estimate of drug-likeness (QED) is 0.923. The highest BCUT2D eigenvalue weighted by atomic mass is 79.9. The predicted molar refractivity (Wildman–Crippen MR) is 83.1 cm³/mol. The monoisotopic (exact) mass is 332 g/mol. The fraction of sp³-hybridized carbons (Fsp3) is 0.294. The molecule has 1 N–H and O–H groups in total. The van der Waals surface area contributed by atoms with Crippen LogP contribution in [0.4, 0.5) is 0 Å². The summed E-state index contributed by atoms with van der Waals surface area (Å²) in [4.78, 5) is 0. The molecule has 0 spiro atoms. The Hall–Kier alpha value is -1.32. The van der Waals surface area contributed by atoms with E-state index in [1.54, 1.807) is 0 Å². The second kappa shape index (κ2) is 5.98. The number of hydrogen-bond donors (Lipinski definition) is 1. The molecule has 0 aromatic heterocycles. The van der Waals surface area contributed by atoms with E-state index >= 15 is 0 Å². The molecule has 104 valence electrons. The number of rotatable bonds is 3. The number of aliphatic hydroxyl groups excluding tert-OH is 1. The molecule has 0 aliphatic carbocycles. The lowest BCUT2D eigenvalue weighted by molar-refractivity contribution is 0.116. The first-order chi connectivity index (χ1) is 9.75. The molecule has 3 heteroatoms. The Morgan fingerprint density at radius 2 is 1.90 bits per heavy atom. The molecule has 1 aliphatic rings. The summed E-state index contributed by atoms with van der Waals surface area (Å²) < 4.78 is 6.71. The Balaban J connectivity index is 1.82. The van der Waals surface area contributed by atoms with Crippen LogP contribution >= 0.6 is 15.9 Å². The van der Waals surface area contributed by atoms with Crippen molar-refractivity contribution >= 4 is 15.9 Å². The van der Waals surface area contributed by atoms with Crippen LogP contribution in [0.25, 0.3) is 0 Å². The van der Waals surface area contributed by atoms with E-state index in [1.807, 2.05) is 36.4 Å². The van der Waals surface area contributed by atoms with Gasteiger partial charge in [-0.05, 0) is 29.7 Å². The Labute approximate surface area is 127 Å². The summed E-state index contributed by atoms with van der Waals surface area (Å²) >= 11 is 3.54. The second-order valence-corrected chi connectivity index (χ2v) is 6.00. The zero-order valence-corrected chi connectivity index (χ0v) is 12.7. The lowest BCUT2D eigenvalue weighted by Gasteiger charge is -2.29. The smallest absolute Gasteiger partial charge is 0.122 e. The Bertz CT molecular complexity index is 597. The van der Waals surface area contributed by atoms with Gasteiger partial charge in [0.05, 0.1) is 12.7 Å². The number of benzene rings is 2. The molecule has 2 unspecified atom stereocenters. The van der Waals surface area contributed by atoms with Crippen LogP contribution in [0.5, 0.6) is 5.75 Å². The van der Waals surface area contributed by atoms with E-state index in [-0.39, 0.29) is 5.92 Å². The van der Waals surface area contributed by atoms with E-state index in [9.17, 15) is 5.11 Å². The average Bonchev–Trinajstić information content (AvgIpc) is 2.49. The zero-order chi connectivity index (χ0) is 13.9. The topological polar surface area (TPSA) is 29.5 Å². The van der Waals surface area contributed by atoms with Crippen LogP contribution in [0.2, 0.25) is 0 Å². The second-order valence-electron chi connectivity index (χ2n) is 5.14. The largest absolute Gasteiger partial charge is 0.493 e. The number of fused-ring (bicyclic) bond motifs is 1. The van der Waals surface area contributed by atoms with Crippen LogP contribution in [0.3, 0.4) is 0 Å². The maximum atomic E-state index is 10.6. The predicted octanol–water partition coefficient (Wildman–Crippen LogP) is 3.92. The molecule has 0 radical (unpaired) electrons. The van der Waals surface area contributed by atoms with Crippen molar-refractivity contribution in [1.29, 1.82) is 0 Å². The van der Waals surface area contributed by atoms with Gasteiger partial charge in [-0.15, -0.1) is 0 Å². The lowest BCUT2D eigenvalue weighted by Crippen LogP contribution is -2.26. The summed E-state index contributed by atoms with van der Waals surface area (Å²) in [5, 5.41) is 10.6. The van der Waals surface area contributed by atoms with Gasteiger partial charge in [0, 0.05) is 16.8 Å². The molecular weight excluding hydrogens is 316 g/mol. The van der Waals surface area contributed by atoms with Gasteiger partial charge in [-0.3, -0.25) is 0 Å². The molecular formula is C17H17BrO2. The lowest BCUT2D eigenvalue weighted by atomic mass is 9.85. The number of halogens is 1. The third-order valence-electron chi connectivity index (χ3n) is 3.86. The molecule has 2 atom stereocenters. The fourth-order valence-corrected chi connectivity index (χ4v) is 3.25. The van der Waals surface area contributed by atoms with Crippen molar-refractivity contribution in [3.63, 3.8) is 0 Å². The van der Waals surface area contributed by atoms with E-state index in [0.717, 1.165) is 27.8 Å². The summed E-state index contributed by atoms with van der Waals surface area (Å²) in [7, 11) is 0. The molecule has 1 aliphatic heterocycles. The van der Waals surface area contributed by atoms with Gasteiger partial charge in [0.25, 0.3) is 0 Å². The van der Waals surface area contributed by atoms with E-state index in [1.165, 1.54) is 0 Å². The molecule has 3 rings (SSSR count). The standard InChI is InChI=1S/C17H17BrO2/c18-15-7-3-1-5-12(15)11-16(19)13-9-10-20-17-8-4-2-6-14(13)17/h1-8,13,16,19H,9-11H2. The van der Waals surface area contributed by atoms with Crippen molar-refractivity contribution in [3.8, 4) is 5.75 Å². The Kier molecular flexibility index (Phi) is 4.08. The van der Waals surface area contributed by atoms with Gasteiger partial charge < -0.3 is 9.84 Å². The molecule has 2 aromatic rings. The van der Waals surface area contributed by atoms with E-state index < -0.39 is 6.10 Å². The normalized spacial score (nSPS) is 19.0. The van der Waals surface area contributed by atoms with Crippen molar-refractivity contribution in [3.05, 3.63) is 64.1 Å². The third-order valence-corrected chi connectivity index (χ3v) is 4.63. The summed E-state index contributed by atoms with van der Waals surface area (Å²) in [6, 6.07) is 16.1. The third kappa shape index (κ3) is 2.74. The number of aliphatic hydroxyl groups is 1. The zero-order valence-electron chi connectivity index (χ0n) is 11.1. The number of ether oxygens (including phenoxy) is 1. The van der Waals surface area contributed by atoms with Gasteiger partial charge >= 0.3 is 0 Å². The van der Waals surface area contributed by atoms with Crippen molar-refractivity contribution < 1.29 is 9.84 Å². The van der Waals surface area contributed by atoms with Crippen molar-refractivity contribution in [2.45, 2.75) is 24.9 Å². The Morgan fingerprint density at radius 1 is 1.15 bits per heavy atom. The van der Waals surface area contributed by atoms with Crippen LogP contribution in [0, 0.1) is 0 Å². The van der Waals surface area contributed by atoms with E-state index in [4.69, 9.17) is 4.74 Å². The summed E-state index contributed by atoms with van der Waals surface area (Å²) in [6.07, 6.45) is 1.13. The van der Waals surface area contributed by atoms with Gasteiger partial charge in [-0.25, -0.2) is 0 Å². The minimum atomic E-state index is -0.390. The van der Waals surface area contributed by atoms with Crippen LogP contribution in [-0.2, 0) is 6.42 Å². The molecule has 0 fully saturated rings. The summed E-state index contributed by atoms with van der Waals surface area (Å²) in [5.74, 6) is 1.06. The molecule has 2 aromatic carbocycles. The molecule has 20 heavy (non-hydrogen) atoms. The van der Waals surface area contributed by atoms with Crippen molar-refractivity contribution in [2.24, 2.45) is 0 Å². The highest BCUT2D eigenvalue weighted by molar-refractivity contribution is 9.10. The first kappa shape index (κ1) is 13.7. The van der Waals surface area contributed by atoms with Crippen LogP contribution in [-0.4, -0.2) is 17.8 Å². The van der Waals surface area contributed by atoms with Crippen LogP contribution in [0.15, 0.2) is 53.0 Å². The minimum absolute atomic E-state index is 0.145. The van der Waals surface area contributed by atoms with Gasteiger partial charge in [0.2, 0.25) is 0 Å². The molecule has 0 bridgehead atoms. The maximum absolute atomic E-state index is 10.6. The maximum Gasteiger partial charge on any atom is 0.122 e. The molecule has 0 saturated heterocycles. The first-order valence-electron chi connectivity index (χ1n) is 6.89. The van der Waals surface area contributed by atoms with Gasteiger partial charge in [0.15, 0.2) is 0 Å². The van der Waals surface area contributed by atoms with Gasteiger partial charge in [-0.2, -0.15) is 0 Å². The molecule has 1 heterocycles. The van der Waals surface area contributed by atoms with E-state index in [2.05, 4.69) is 28.1 Å². The number of hydrogen-bond acceptors (Lipinski definition) is 2. The van der Waals surface area contributed by atoms with Gasteiger partial charge in [-0.1, -0.05) is 52.3 Å². The van der Waals surface area contributed by atoms with Gasteiger partial charge in [0.1, 0.15) is 5.75 Å². The number of para-hydroxylation sites is 1. The molecule has 2 nitrogen and oxygen atoms in total. The summed E-state index contributed by atoms with van der Waals surface area (Å²) in [6.45, 7) is 0.675. The first-order valence-corrected chi connectivity index (χ1v) is 7.68. The SMILES string of the molecule is OC(Cc1ccccc1Br)C1CCOc2ccccc21.